The number of fused-ring (bicyclic) bond motifs is 3. The van der Waals surface area contributed by atoms with Crippen molar-refractivity contribution in [2.24, 2.45) is 4.99 Å². The highest BCUT2D eigenvalue weighted by molar-refractivity contribution is 5.88. The fourth-order valence-electron chi connectivity index (χ4n) is 4.55. The van der Waals surface area contributed by atoms with Gasteiger partial charge in [-0.15, -0.1) is 6.58 Å². The monoisotopic (exact) mass is 467 g/mol. The van der Waals surface area contributed by atoms with E-state index in [-0.39, 0.29) is 17.6 Å². The lowest BCUT2D eigenvalue weighted by atomic mass is 10.0. The average Bonchev–Trinajstić information content (AvgIpc) is 3.47. The average molecular weight is 468 g/mol. The van der Waals surface area contributed by atoms with Crippen LogP contribution in [-0.4, -0.2) is 35.6 Å². The zero-order chi connectivity index (χ0) is 24.4. The van der Waals surface area contributed by atoms with Gasteiger partial charge < -0.3 is 10.4 Å². The SMILES string of the molecule is C=CCn1c(=O)c2cnc(Nc3ccc4c(c3)C3(CC3)N=C4)nc2n1-c1cccc(C(C)(C)O)n1. The van der Waals surface area contributed by atoms with Crippen LogP contribution in [0.15, 0.2) is 65.0 Å². The van der Waals surface area contributed by atoms with Crippen molar-refractivity contribution in [3.63, 3.8) is 0 Å². The van der Waals surface area contributed by atoms with Crippen molar-refractivity contribution >= 4 is 28.9 Å². The van der Waals surface area contributed by atoms with E-state index in [0.29, 0.717) is 28.5 Å². The molecule has 1 aliphatic heterocycles. The zero-order valence-corrected chi connectivity index (χ0v) is 19.6. The summed E-state index contributed by atoms with van der Waals surface area (Å²) in [6.07, 6.45) is 7.26. The van der Waals surface area contributed by atoms with E-state index in [1.54, 1.807) is 42.8 Å². The lowest BCUT2D eigenvalue weighted by Gasteiger charge is -2.18. The summed E-state index contributed by atoms with van der Waals surface area (Å²) < 4.78 is 3.16. The molecule has 6 rings (SSSR count). The van der Waals surface area contributed by atoms with Crippen LogP contribution < -0.4 is 10.9 Å². The number of rotatable bonds is 6. The Morgan fingerprint density at radius 3 is 2.80 bits per heavy atom. The summed E-state index contributed by atoms with van der Waals surface area (Å²) in [5.41, 5.74) is 2.71. The first kappa shape index (κ1) is 21.4. The Morgan fingerprint density at radius 1 is 1.23 bits per heavy atom. The molecule has 0 amide bonds. The molecule has 1 spiro atoms. The number of nitrogens with one attached hydrogen (secondary N) is 1. The largest absolute Gasteiger partial charge is 0.384 e. The van der Waals surface area contributed by atoms with Gasteiger partial charge in [-0.3, -0.25) is 9.79 Å². The van der Waals surface area contributed by atoms with Crippen LogP contribution in [0.5, 0.6) is 0 Å². The van der Waals surface area contributed by atoms with Gasteiger partial charge in [0.1, 0.15) is 11.0 Å². The van der Waals surface area contributed by atoms with E-state index in [1.807, 2.05) is 12.3 Å². The van der Waals surface area contributed by atoms with Crippen LogP contribution in [0.4, 0.5) is 11.6 Å². The van der Waals surface area contributed by atoms with Crippen LogP contribution in [0.2, 0.25) is 0 Å². The minimum Gasteiger partial charge on any atom is -0.384 e. The number of aliphatic hydroxyl groups is 1. The lowest BCUT2D eigenvalue weighted by Crippen LogP contribution is -2.23. The molecule has 2 aliphatic rings. The Hall–Kier alpha value is -4.11. The van der Waals surface area contributed by atoms with Gasteiger partial charge in [0, 0.05) is 18.1 Å². The molecule has 1 fully saturated rings. The number of hydrogen-bond acceptors (Lipinski definition) is 7. The second-order valence-electron chi connectivity index (χ2n) is 9.58. The van der Waals surface area contributed by atoms with Gasteiger partial charge in [0.25, 0.3) is 5.56 Å². The smallest absolute Gasteiger partial charge is 0.278 e. The van der Waals surface area contributed by atoms with E-state index in [1.165, 1.54) is 16.4 Å². The number of benzene rings is 1. The summed E-state index contributed by atoms with van der Waals surface area (Å²) in [7, 11) is 0. The first-order valence-corrected chi connectivity index (χ1v) is 11.6. The zero-order valence-electron chi connectivity index (χ0n) is 19.6. The highest BCUT2D eigenvalue weighted by Gasteiger charge is 2.47. The van der Waals surface area contributed by atoms with Crippen molar-refractivity contribution < 1.29 is 5.11 Å². The van der Waals surface area contributed by atoms with Crippen molar-refractivity contribution in [3.05, 3.63) is 82.4 Å². The Kier molecular flexibility index (Phi) is 4.56. The van der Waals surface area contributed by atoms with E-state index in [2.05, 4.69) is 39.0 Å². The Balaban J connectivity index is 1.46. The van der Waals surface area contributed by atoms with Crippen LogP contribution in [-0.2, 0) is 17.7 Å². The summed E-state index contributed by atoms with van der Waals surface area (Å²) in [6.45, 7) is 7.38. The van der Waals surface area contributed by atoms with Crippen molar-refractivity contribution in [1.82, 2.24) is 24.3 Å². The molecule has 0 bridgehead atoms. The molecule has 176 valence electrons. The second kappa shape index (κ2) is 7.44. The minimum atomic E-state index is -1.14. The predicted octanol–water partition coefficient (Wildman–Crippen LogP) is 3.56. The minimum absolute atomic E-state index is 0.0443. The number of anilines is 2. The molecule has 4 aromatic rings. The van der Waals surface area contributed by atoms with E-state index in [9.17, 15) is 9.90 Å². The van der Waals surface area contributed by atoms with Gasteiger partial charge in [-0.1, -0.05) is 18.2 Å². The highest BCUT2D eigenvalue weighted by Crippen LogP contribution is 2.53. The maximum atomic E-state index is 13.2. The predicted molar refractivity (Wildman–Crippen MR) is 135 cm³/mol. The van der Waals surface area contributed by atoms with Gasteiger partial charge in [-0.2, -0.15) is 4.98 Å². The molecule has 0 atom stereocenters. The Labute approximate surface area is 201 Å². The van der Waals surface area contributed by atoms with Crippen LogP contribution in [0, 0.1) is 0 Å². The molecular formula is C26H25N7O2. The maximum absolute atomic E-state index is 13.2. The first-order valence-electron chi connectivity index (χ1n) is 11.6. The molecule has 0 unspecified atom stereocenters. The van der Waals surface area contributed by atoms with Gasteiger partial charge >= 0.3 is 0 Å². The third-order valence-corrected chi connectivity index (χ3v) is 6.54. The normalized spacial score (nSPS) is 15.5. The van der Waals surface area contributed by atoms with Crippen molar-refractivity contribution in [1.29, 1.82) is 0 Å². The number of aromatic nitrogens is 5. The lowest BCUT2D eigenvalue weighted by molar-refractivity contribution is 0.0738. The summed E-state index contributed by atoms with van der Waals surface area (Å²) in [6, 6.07) is 11.5. The quantitative estimate of drug-likeness (QED) is 0.420. The van der Waals surface area contributed by atoms with Gasteiger partial charge in [0.2, 0.25) is 5.95 Å². The molecule has 0 radical (unpaired) electrons. The van der Waals surface area contributed by atoms with Crippen LogP contribution in [0.3, 0.4) is 0 Å². The highest BCUT2D eigenvalue weighted by atomic mass is 16.3. The van der Waals surface area contributed by atoms with Crippen molar-refractivity contribution in [2.45, 2.75) is 44.4 Å². The van der Waals surface area contributed by atoms with Gasteiger partial charge in [-0.25, -0.2) is 19.3 Å². The van der Waals surface area contributed by atoms with E-state index in [4.69, 9.17) is 4.98 Å². The van der Waals surface area contributed by atoms with Crippen molar-refractivity contribution in [3.8, 4) is 5.82 Å². The fraction of sp³-hybridized carbons (Fsp3) is 0.269. The van der Waals surface area contributed by atoms with Crippen LogP contribution in [0.1, 0.15) is 43.5 Å². The molecule has 1 aliphatic carbocycles. The standard InChI is InChI=1S/C26H25N7O2/c1-4-12-32-23(34)18-15-27-24(29-17-9-8-16-14-28-26(10-11-26)19(16)13-17)31-22(18)33(32)21-7-5-6-20(30-21)25(2,3)35/h4-9,13-15,35H,1,10-12H2,2-3H3,(H,27,29,31). The van der Waals surface area contributed by atoms with Crippen LogP contribution in [0.25, 0.3) is 16.9 Å². The number of aliphatic imine (C=N–C) groups is 1. The van der Waals surface area contributed by atoms with Crippen molar-refractivity contribution in [2.75, 3.05) is 5.32 Å². The summed E-state index contributed by atoms with van der Waals surface area (Å²) in [4.78, 5) is 31.6. The summed E-state index contributed by atoms with van der Waals surface area (Å²) in [5.74, 6) is 0.831. The topological polar surface area (TPSA) is 110 Å². The molecule has 1 saturated carbocycles. The van der Waals surface area contributed by atoms with E-state index in [0.717, 1.165) is 24.1 Å². The van der Waals surface area contributed by atoms with E-state index >= 15 is 0 Å². The van der Waals surface area contributed by atoms with Gasteiger partial charge in [-0.05, 0) is 62.1 Å². The molecular weight excluding hydrogens is 442 g/mol. The first-order chi connectivity index (χ1) is 16.8. The second-order valence-corrected chi connectivity index (χ2v) is 9.58. The Morgan fingerprint density at radius 2 is 2.06 bits per heavy atom. The van der Waals surface area contributed by atoms with Gasteiger partial charge in [0.05, 0.1) is 17.8 Å². The van der Waals surface area contributed by atoms with E-state index < -0.39 is 5.60 Å². The number of hydrogen-bond donors (Lipinski definition) is 2. The molecule has 4 heterocycles. The third kappa shape index (κ3) is 3.47. The molecule has 9 heteroatoms. The third-order valence-electron chi connectivity index (χ3n) is 6.54. The Bertz CT molecular complexity index is 1590. The summed E-state index contributed by atoms with van der Waals surface area (Å²) >= 11 is 0. The molecule has 0 saturated heterocycles. The summed E-state index contributed by atoms with van der Waals surface area (Å²) in [5, 5.41) is 14.1. The molecule has 9 nitrogen and oxygen atoms in total. The van der Waals surface area contributed by atoms with Crippen LogP contribution >= 0.6 is 0 Å². The molecule has 3 aromatic heterocycles. The molecule has 1 aromatic carbocycles. The number of pyridine rings is 1. The molecule has 2 N–H and O–H groups in total. The number of nitrogens with zero attached hydrogens (tertiary/aromatic N) is 6. The van der Waals surface area contributed by atoms with Gasteiger partial charge in [0.15, 0.2) is 11.5 Å². The molecule has 35 heavy (non-hydrogen) atoms. The number of allylic oxidation sites excluding steroid dienone is 1. The fourth-order valence-corrected chi connectivity index (χ4v) is 4.55. The maximum Gasteiger partial charge on any atom is 0.278 e.